The minimum atomic E-state index is -1.52. The molecule has 0 aliphatic heterocycles. The number of amides is 4. The van der Waals surface area contributed by atoms with Crippen LogP contribution in [-0.4, -0.2) is 57.5 Å². The third-order valence-electron chi connectivity index (χ3n) is 4.54. The maximum absolute atomic E-state index is 13.6. The maximum Gasteiger partial charge on any atom is 0.408 e. The second-order valence-electron chi connectivity index (χ2n) is 10.1. The second kappa shape index (κ2) is 11.6. The van der Waals surface area contributed by atoms with Crippen molar-refractivity contribution >= 4 is 23.8 Å². The van der Waals surface area contributed by atoms with Crippen LogP contribution in [0.1, 0.15) is 65.1 Å². The molecule has 4 amide bonds. The summed E-state index contributed by atoms with van der Waals surface area (Å²) in [6.07, 6.45) is -1.59. The number of nitrogens with two attached hydrogens (primary N) is 1. The van der Waals surface area contributed by atoms with Gasteiger partial charge in [0.05, 0.1) is 12.5 Å². The molecule has 5 N–H and O–H groups in total. The van der Waals surface area contributed by atoms with Gasteiger partial charge in [-0.3, -0.25) is 14.4 Å². The molecular weight excluding hydrogens is 454 g/mol. The lowest BCUT2D eigenvalue weighted by molar-refractivity contribution is -0.143. The fourth-order valence-electron chi connectivity index (χ4n) is 3.21. The molecule has 0 radical (unpaired) electrons. The number of ether oxygens (including phenoxy) is 1. The molecule has 2 atom stereocenters. The van der Waals surface area contributed by atoms with Crippen LogP contribution in [0.4, 0.5) is 4.79 Å². The van der Waals surface area contributed by atoms with Gasteiger partial charge in [0.2, 0.25) is 17.7 Å². The van der Waals surface area contributed by atoms with Crippen LogP contribution < -0.4 is 16.4 Å². The van der Waals surface area contributed by atoms with Crippen molar-refractivity contribution < 1.29 is 29.0 Å². The molecule has 0 fully saturated rings. The molecule has 0 saturated carbocycles. The molecule has 0 aromatic heterocycles. The van der Waals surface area contributed by atoms with Crippen LogP contribution in [0.5, 0.6) is 5.75 Å². The number of carbonyl (C=O) groups excluding carboxylic acids is 4. The molecule has 1 rings (SSSR count). The Morgan fingerprint density at radius 2 is 1.77 bits per heavy atom. The predicted molar refractivity (Wildman–Crippen MR) is 128 cm³/mol. The molecule has 0 bridgehead atoms. The maximum atomic E-state index is 13.6. The number of hydrogen-bond donors (Lipinski definition) is 4. The van der Waals surface area contributed by atoms with Crippen molar-refractivity contribution in [2.75, 3.05) is 6.54 Å². The Balaban J connectivity index is 3.58. The van der Waals surface area contributed by atoms with Gasteiger partial charge in [-0.25, -0.2) is 4.79 Å². The lowest BCUT2D eigenvalue weighted by Gasteiger charge is -2.34. The second-order valence-corrected chi connectivity index (χ2v) is 10.1. The normalized spacial score (nSPS) is 13.1. The molecule has 0 heterocycles. The zero-order chi connectivity index (χ0) is 27.1. The summed E-state index contributed by atoms with van der Waals surface area (Å²) in [5.74, 6) is -2.72. The quantitative estimate of drug-likeness (QED) is 0.402. The number of para-hydroxylation sites is 1. The summed E-state index contributed by atoms with van der Waals surface area (Å²) in [6.45, 7) is 11.1. The number of hydrogen-bond acceptors (Lipinski definition) is 7. The largest absolute Gasteiger partial charge is 0.507 e. The van der Waals surface area contributed by atoms with E-state index in [0.717, 1.165) is 4.90 Å². The van der Waals surface area contributed by atoms with Crippen molar-refractivity contribution in [3.05, 3.63) is 29.3 Å². The Labute approximate surface area is 205 Å². The average Bonchev–Trinajstić information content (AvgIpc) is 2.66. The first-order valence-corrected chi connectivity index (χ1v) is 11.0. The third kappa shape index (κ3) is 9.16. The summed E-state index contributed by atoms with van der Waals surface area (Å²) < 4.78 is 5.18. The Morgan fingerprint density at radius 1 is 1.17 bits per heavy atom. The number of nitrogens with one attached hydrogen (secondary N) is 2. The number of rotatable bonds is 8. The average molecular weight is 490 g/mol. The van der Waals surface area contributed by atoms with Gasteiger partial charge in [0.25, 0.3) is 0 Å². The standard InChI is InChI=1S/C24H35N5O6/c1-14-9-8-10-15(19(14)31)18(20(32)28-23(2,3)4)29(12-11-25)21(33)16(13-17(26)30)27-22(34)35-24(5,6)7/h8-10,16,18,31H,12-13H2,1-7H3,(H2,26,30)(H,27,34)(H,28,32). The van der Waals surface area contributed by atoms with Gasteiger partial charge in [-0.1, -0.05) is 18.2 Å². The van der Waals surface area contributed by atoms with E-state index < -0.39 is 60.0 Å². The molecule has 0 spiro atoms. The highest BCUT2D eigenvalue weighted by molar-refractivity contribution is 5.95. The summed E-state index contributed by atoms with van der Waals surface area (Å²) in [4.78, 5) is 51.9. The summed E-state index contributed by atoms with van der Waals surface area (Å²) in [6, 6.07) is 3.53. The van der Waals surface area contributed by atoms with Crippen LogP contribution in [0, 0.1) is 18.3 Å². The van der Waals surface area contributed by atoms with Gasteiger partial charge in [0.15, 0.2) is 0 Å². The number of primary amides is 1. The molecule has 192 valence electrons. The fraction of sp³-hybridized carbons (Fsp3) is 0.542. The first-order chi connectivity index (χ1) is 16.0. The van der Waals surface area contributed by atoms with Crippen molar-refractivity contribution in [1.29, 1.82) is 5.26 Å². The number of phenolic OH excluding ortho intramolecular Hbond substituents is 1. The molecular formula is C24H35N5O6. The van der Waals surface area contributed by atoms with Gasteiger partial charge in [0.1, 0.15) is 30.0 Å². The summed E-state index contributed by atoms with van der Waals surface area (Å²) in [5.41, 5.74) is 4.22. The molecule has 11 heteroatoms. The van der Waals surface area contributed by atoms with Crippen molar-refractivity contribution in [2.24, 2.45) is 5.73 Å². The fourth-order valence-corrected chi connectivity index (χ4v) is 3.21. The van der Waals surface area contributed by atoms with Crippen LogP contribution >= 0.6 is 0 Å². The highest BCUT2D eigenvalue weighted by atomic mass is 16.6. The van der Waals surface area contributed by atoms with Crippen LogP contribution in [0.25, 0.3) is 0 Å². The van der Waals surface area contributed by atoms with Gasteiger partial charge < -0.3 is 31.1 Å². The number of nitrogens with zero attached hydrogens (tertiary/aromatic N) is 2. The van der Waals surface area contributed by atoms with E-state index in [1.54, 1.807) is 60.6 Å². The molecule has 2 unspecified atom stereocenters. The van der Waals surface area contributed by atoms with Crippen molar-refractivity contribution in [2.45, 2.75) is 78.1 Å². The number of benzene rings is 1. The molecule has 11 nitrogen and oxygen atoms in total. The Morgan fingerprint density at radius 3 is 2.26 bits per heavy atom. The number of carbonyl (C=O) groups is 4. The zero-order valence-electron chi connectivity index (χ0n) is 21.3. The van der Waals surface area contributed by atoms with E-state index in [0.29, 0.717) is 5.56 Å². The van der Waals surface area contributed by atoms with Crippen LogP contribution in [0.15, 0.2) is 18.2 Å². The first kappa shape index (κ1) is 29.2. The predicted octanol–water partition coefficient (Wildman–Crippen LogP) is 1.78. The molecule has 1 aromatic rings. The number of aryl methyl sites for hydroxylation is 1. The number of nitriles is 1. The summed E-state index contributed by atoms with van der Waals surface area (Å²) >= 11 is 0. The Kier molecular flexibility index (Phi) is 9.64. The Bertz CT molecular complexity index is 1000. The zero-order valence-corrected chi connectivity index (χ0v) is 21.3. The van der Waals surface area contributed by atoms with Crippen LogP contribution in [0.2, 0.25) is 0 Å². The molecule has 1 aromatic carbocycles. The minimum absolute atomic E-state index is 0.0745. The van der Waals surface area contributed by atoms with Crippen molar-refractivity contribution in [3.63, 3.8) is 0 Å². The summed E-state index contributed by atoms with van der Waals surface area (Å²) in [7, 11) is 0. The van der Waals surface area contributed by atoms with Gasteiger partial charge in [-0.05, 0) is 54.0 Å². The van der Waals surface area contributed by atoms with E-state index in [4.69, 9.17) is 10.5 Å². The van der Waals surface area contributed by atoms with E-state index in [-0.39, 0.29) is 11.3 Å². The third-order valence-corrected chi connectivity index (χ3v) is 4.54. The Hall–Kier alpha value is -3.81. The van der Waals surface area contributed by atoms with Crippen molar-refractivity contribution in [1.82, 2.24) is 15.5 Å². The van der Waals surface area contributed by atoms with Crippen LogP contribution in [-0.2, 0) is 19.1 Å². The van der Waals surface area contributed by atoms with Crippen molar-refractivity contribution in [3.8, 4) is 11.8 Å². The molecule has 0 aliphatic carbocycles. The number of alkyl carbamates (subject to hydrolysis) is 1. The van der Waals surface area contributed by atoms with E-state index in [9.17, 15) is 29.5 Å². The lowest BCUT2D eigenvalue weighted by atomic mass is 9.97. The number of aromatic hydroxyl groups is 1. The summed E-state index contributed by atoms with van der Waals surface area (Å²) in [5, 5.41) is 25.2. The van der Waals surface area contributed by atoms with E-state index in [2.05, 4.69) is 10.6 Å². The van der Waals surface area contributed by atoms with Crippen LogP contribution in [0.3, 0.4) is 0 Å². The molecule has 0 aliphatic rings. The smallest absolute Gasteiger partial charge is 0.408 e. The monoisotopic (exact) mass is 489 g/mol. The van der Waals surface area contributed by atoms with E-state index >= 15 is 0 Å². The van der Waals surface area contributed by atoms with Gasteiger partial charge in [-0.15, -0.1) is 0 Å². The molecule has 35 heavy (non-hydrogen) atoms. The highest BCUT2D eigenvalue weighted by Gasteiger charge is 2.39. The topological polar surface area (TPSA) is 175 Å². The minimum Gasteiger partial charge on any atom is -0.507 e. The van der Waals surface area contributed by atoms with E-state index in [1.165, 1.54) is 6.07 Å². The van der Waals surface area contributed by atoms with Gasteiger partial charge in [0, 0.05) is 11.1 Å². The van der Waals surface area contributed by atoms with E-state index in [1.807, 2.05) is 6.07 Å². The first-order valence-electron chi connectivity index (χ1n) is 11.0. The molecule has 0 saturated heterocycles. The highest BCUT2D eigenvalue weighted by Crippen LogP contribution is 2.32. The lowest BCUT2D eigenvalue weighted by Crippen LogP contribution is -2.55. The SMILES string of the molecule is Cc1cccc(C(C(=O)NC(C)(C)C)N(CC#N)C(=O)C(CC(N)=O)NC(=O)OC(C)(C)C)c1O. The number of phenols is 1. The van der Waals surface area contributed by atoms with Gasteiger partial charge in [-0.2, -0.15) is 5.26 Å². The van der Waals surface area contributed by atoms with Gasteiger partial charge >= 0.3 is 6.09 Å².